The fourth-order valence-corrected chi connectivity index (χ4v) is 0.184. The normalized spacial score (nSPS) is 10.0. The van der Waals surface area contributed by atoms with Gasteiger partial charge in [-0.05, 0) is 12.5 Å². The molecule has 0 rings (SSSR count). The highest BCUT2D eigenvalue weighted by atomic mass is 16.8. The Morgan fingerprint density at radius 3 is 3.00 bits per heavy atom. The van der Waals surface area contributed by atoms with Gasteiger partial charge in [-0.3, -0.25) is 0 Å². The van der Waals surface area contributed by atoms with Gasteiger partial charge in [0.05, 0.1) is 0 Å². The molecular weight excluding hydrogens is 94.0 g/mol. The molecule has 3 nitrogen and oxygen atoms in total. The third-order valence-corrected chi connectivity index (χ3v) is 0.466. The second kappa shape index (κ2) is 5.46. The zero-order chi connectivity index (χ0) is 5.54. The van der Waals surface area contributed by atoms with E-state index in [-0.39, 0.29) is 0 Å². The van der Waals surface area contributed by atoms with E-state index in [2.05, 4.69) is 4.84 Å². The van der Waals surface area contributed by atoms with Gasteiger partial charge in [0.15, 0.2) is 6.26 Å². The van der Waals surface area contributed by atoms with Gasteiger partial charge in [0.2, 0.25) is 0 Å². The average Bonchev–Trinajstić information content (AvgIpc) is 1.69. The SMILES string of the molecule is CCC=CO[NH2+][O-]. The second-order valence-corrected chi connectivity index (χ2v) is 1.01. The number of quaternary nitrogens is 1. The van der Waals surface area contributed by atoms with Gasteiger partial charge < -0.3 is 10.0 Å². The zero-order valence-corrected chi connectivity index (χ0v) is 4.26. The number of hydrogen-bond acceptors (Lipinski definition) is 2. The number of nitrogens with two attached hydrogens (primary N) is 1. The maximum Gasteiger partial charge on any atom is 0.150 e. The van der Waals surface area contributed by atoms with Crippen LogP contribution in [0, 0.1) is 5.21 Å². The van der Waals surface area contributed by atoms with E-state index in [1.54, 1.807) is 6.08 Å². The van der Waals surface area contributed by atoms with Crippen LogP contribution in [-0.4, -0.2) is 0 Å². The van der Waals surface area contributed by atoms with E-state index in [1.807, 2.05) is 6.92 Å². The molecule has 0 bridgehead atoms. The second-order valence-electron chi connectivity index (χ2n) is 1.01. The van der Waals surface area contributed by atoms with Gasteiger partial charge in [0.1, 0.15) is 0 Å². The minimum Gasteiger partial charge on any atom is -0.592 e. The predicted molar refractivity (Wildman–Crippen MR) is 25.8 cm³/mol. The fourth-order valence-electron chi connectivity index (χ4n) is 0.184. The summed E-state index contributed by atoms with van der Waals surface area (Å²) in [5.41, 5.74) is 0.395. The standard InChI is InChI=1S/C4H9NO2/c1-2-3-4-7-5-6/h3-4H,2,5H2,1H3. The summed E-state index contributed by atoms with van der Waals surface area (Å²) in [7, 11) is 0. The van der Waals surface area contributed by atoms with Crippen LogP contribution in [-0.2, 0) is 4.84 Å². The van der Waals surface area contributed by atoms with Crippen LogP contribution in [0.1, 0.15) is 13.3 Å². The maximum atomic E-state index is 9.41. The summed E-state index contributed by atoms with van der Waals surface area (Å²) >= 11 is 0. The van der Waals surface area contributed by atoms with Crippen LogP contribution in [0.25, 0.3) is 0 Å². The highest BCUT2D eigenvalue weighted by Gasteiger charge is 1.64. The van der Waals surface area contributed by atoms with Gasteiger partial charge in [-0.25, -0.2) is 0 Å². The van der Waals surface area contributed by atoms with Gasteiger partial charge in [-0.1, -0.05) is 6.92 Å². The summed E-state index contributed by atoms with van der Waals surface area (Å²) in [6, 6.07) is 0. The first-order valence-electron chi connectivity index (χ1n) is 2.16. The molecule has 0 atom stereocenters. The van der Waals surface area contributed by atoms with Crippen LogP contribution in [0.2, 0.25) is 0 Å². The molecule has 0 aromatic carbocycles. The monoisotopic (exact) mass is 103 g/mol. The lowest BCUT2D eigenvalue weighted by atomic mass is 10.5. The zero-order valence-electron chi connectivity index (χ0n) is 4.26. The Labute approximate surface area is 42.5 Å². The lowest BCUT2D eigenvalue weighted by Gasteiger charge is -1.93. The van der Waals surface area contributed by atoms with E-state index >= 15 is 0 Å². The average molecular weight is 103 g/mol. The van der Waals surface area contributed by atoms with Crippen molar-refractivity contribution in [3.8, 4) is 0 Å². The third-order valence-electron chi connectivity index (χ3n) is 0.466. The van der Waals surface area contributed by atoms with Crippen molar-refractivity contribution < 1.29 is 10.5 Å². The summed E-state index contributed by atoms with van der Waals surface area (Å²) in [5.74, 6) is 0. The van der Waals surface area contributed by atoms with E-state index in [0.29, 0.717) is 5.64 Å². The Morgan fingerprint density at radius 1 is 1.86 bits per heavy atom. The first-order chi connectivity index (χ1) is 3.41. The molecule has 7 heavy (non-hydrogen) atoms. The van der Waals surface area contributed by atoms with Crippen molar-refractivity contribution in [1.29, 1.82) is 0 Å². The summed E-state index contributed by atoms with van der Waals surface area (Å²) in [4.78, 5) is 4.21. The molecule has 3 heteroatoms. The molecule has 0 aromatic heterocycles. The molecule has 0 saturated carbocycles. The Morgan fingerprint density at radius 2 is 2.57 bits per heavy atom. The van der Waals surface area contributed by atoms with Crippen LogP contribution >= 0.6 is 0 Å². The third kappa shape index (κ3) is 5.46. The number of allylic oxidation sites excluding steroid dienone is 1. The molecule has 2 N–H and O–H groups in total. The van der Waals surface area contributed by atoms with E-state index in [9.17, 15) is 5.21 Å². The van der Waals surface area contributed by atoms with Gasteiger partial charge in [0, 0.05) is 0 Å². The minimum absolute atomic E-state index is 0.395. The molecule has 0 saturated heterocycles. The van der Waals surface area contributed by atoms with Crippen LogP contribution < -0.4 is 5.64 Å². The topological polar surface area (TPSA) is 48.9 Å². The van der Waals surface area contributed by atoms with Crippen molar-refractivity contribution in [2.75, 3.05) is 0 Å². The van der Waals surface area contributed by atoms with Gasteiger partial charge in [-0.15, -0.1) is 0 Å². The smallest absolute Gasteiger partial charge is 0.150 e. The first kappa shape index (κ1) is 6.46. The van der Waals surface area contributed by atoms with Crippen molar-refractivity contribution >= 4 is 0 Å². The van der Waals surface area contributed by atoms with Crippen LogP contribution in [0.3, 0.4) is 0 Å². The van der Waals surface area contributed by atoms with Crippen LogP contribution in [0.4, 0.5) is 0 Å². The summed E-state index contributed by atoms with van der Waals surface area (Å²) in [6.45, 7) is 1.96. The van der Waals surface area contributed by atoms with Crippen molar-refractivity contribution in [2.24, 2.45) is 0 Å². The van der Waals surface area contributed by atoms with Gasteiger partial charge >= 0.3 is 0 Å². The molecule has 0 aliphatic rings. The lowest BCUT2D eigenvalue weighted by Crippen LogP contribution is -2.74. The Kier molecular flexibility index (Phi) is 5.04. The molecule has 0 amide bonds. The highest BCUT2D eigenvalue weighted by Crippen LogP contribution is 1.74. The molecule has 0 spiro atoms. The summed E-state index contributed by atoms with van der Waals surface area (Å²) < 4.78 is 0. The van der Waals surface area contributed by atoms with E-state index in [0.717, 1.165) is 6.42 Å². The molecule has 0 radical (unpaired) electrons. The largest absolute Gasteiger partial charge is 0.592 e. The molecule has 0 aromatic rings. The molecule has 0 unspecified atom stereocenters. The molecule has 0 heterocycles. The van der Waals surface area contributed by atoms with Gasteiger partial charge in [0.25, 0.3) is 0 Å². The van der Waals surface area contributed by atoms with Crippen molar-refractivity contribution in [1.82, 2.24) is 0 Å². The fraction of sp³-hybridized carbons (Fsp3) is 0.500. The maximum absolute atomic E-state index is 9.41. The Bertz CT molecular complexity index is 53.7. The van der Waals surface area contributed by atoms with Crippen molar-refractivity contribution in [3.63, 3.8) is 0 Å². The molecule has 0 fully saturated rings. The highest BCUT2D eigenvalue weighted by molar-refractivity contribution is 4.68. The van der Waals surface area contributed by atoms with Crippen molar-refractivity contribution in [3.05, 3.63) is 17.5 Å². The van der Waals surface area contributed by atoms with Crippen molar-refractivity contribution in [2.45, 2.75) is 13.3 Å². The minimum atomic E-state index is 0.395. The summed E-state index contributed by atoms with van der Waals surface area (Å²) in [5, 5.41) is 9.41. The molecule has 0 aliphatic carbocycles. The lowest BCUT2D eigenvalue weighted by molar-refractivity contribution is -0.833. The molecule has 0 aliphatic heterocycles. The first-order valence-corrected chi connectivity index (χ1v) is 2.16. The summed E-state index contributed by atoms with van der Waals surface area (Å²) in [6.07, 6.45) is 4.02. The van der Waals surface area contributed by atoms with E-state index < -0.39 is 0 Å². The Hall–Kier alpha value is -0.540. The molecule has 42 valence electrons. The van der Waals surface area contributed by atoms with Gasteiger partial charge in [-0.2, -0.15) is 5.64 Å². The molecular formula is C4H9NO2. The van der Waals surface area contributed by atoms with Crippen LogP contribution in [0.15, 0.2) is 12.3 Å². The quantitative estimate of drug-likeness (QED) is 0.400. The Balaban J connectivity index is 2.78. The van der Waals surface area contributed by atoms with Crippen LogP contribution in [0.5, 0.6) is 0 Å². The van der Waals surface area contributed by atoms with E-state index in [4.69, 9.17) is 0 Å². The number of rotatable bonds is 3. The number of hydrogen-bond donors (Lipinski definition) is 1. The van der Waals surface area contributed by atoms with E-state index in [1.165, 1.54) is 6.26 Å². The predicted octanol–water partition coefficient (Wildman–Crippen LogP) is -0.0971.